The summed E-state index contributed by atoms with van der Waals surface area (Å²) in [6, 6.07) is 10.3. The number of benzene rings is 2. The Bertz CT molecular complexity index is 821. The number of fused-ring (bicyclic) bond motifs is 1. The van der Waals surface area contributed by atoms with Gasteiger partial charge >= 0.3 is 0 Å². The Morgan fingerprint density at radius 3 is 2.62 bits per heavy atom. The lowest BCUT2D eigenvalue weighted by molar-refractivity contribution is -0.116. The minimum atomic E-state index is -0.318. The molecule has 1 heterocycles. The van der Waals surface area contributed by atoms with Gasteiger partial charge in [0.1, 0.15) is 0 Å². The minimum Gasteiger partial charge on any atom is -0.322 e. The molecule has 0 aromatic heterocycles. The van der Waals surface area contributed by atoms with Gasteiger partial charge in [-0.05, 0) is 48.7 Å². The number of carbonyl (C=O) groups excluding carboxylic acids is 2. The van der Waals surface area contributed by atoms with Crippen molar-refractivity contribution < 1.29 is 9.59 Å². The van der Waals surface area contributed by atoms with Crippen LogP contribution in [0, 0.1) is 0 Å². The van der Waals surface area contributed by atoms with E-state index in [-0.39, 0.29) is 11.8 Å². The molecule has 2 amide bonds. The first kappa shape index (κ1) is 16.8. The van der Waals surface area contributed by atoms with Crippen molar-refractivity contribution >= 4 is 46.4 Å². The molecule has 2 aromatic carbocycles. The SMILES string of the molecule is CC(=O)N1CCCc2ccc(NC(=O)c3ccc(Cl)cc3Cl)cc21. The minimum absolute atomic E-state index is 0.000159. The number of aryl methyl sites for hydroxylation is 1. The van der Waals surface area contributed by atoms with E-state index in [1.165, 1.54) is 6.07 Å². The van der Waals surface area contributed by atoms with Gasteiger partial charge in [-0.2, -0.15) is 0 Å². The molecule has 0 atom stereocenters. The maximum absolute atomic E-state index is 12.4. The zero-order valence-electron chi connectivity index (χ0n) is 13.1. The molecule has 1 N–H and O–H groups in total. The maximum atomic E-state index is 12.4. The lowest BCUT2D eigenvalue weighted by Gasteiger charge is -2.29. The van der Waals surface area contributed by atoms with Crippen molar-refractivity contribution in [2.24, 2.45) is 0 Å². The van der Waals surface area contributed by atoms with E-state index in [0.29, 0.717) is 27.8 Å². The summed E-state index contributed by atoms with van der Waals surface area (Å²) >= 11 is 11.9. The molecule has 0 bridgehead atoms. The van der Waals surface area contributed by atoms with E-state index in [0.717, 1.165) is 24.1 Å². The summed E-state index contributed by atoms with van der Waals surface area (Å²) in [6.07, 6.45) is 1.87. The fraction of sp³-hybridized carbons (Fsp3) is 0.222. The molecule has 2 aromatic rings. The van der Waals surface area contributed by atoms with E-state index in [2.05, 4.69) is 5.32 Å². The van der Waals surface area contributed by atoms with E-state index in [1.54, 1.807) is 24.0 Å². The molecule has 0 saturated heterocycles. The third-order valence-corrected chi connectivity index (χ3v) is 4.57. The number of amides is 2. The van der Waals surface area contributed by atoms with Gasteiger partial charge in [-0.25, -0.2) is 0 Å². The van der Waals surface area contributed by atoms with Crippen LogP contribution in [0.2, 0.25) is 10.0 Å². The molecular weight excluding hydrogens is 347 g/mol. The maximum Gasteiger partial charge on any atom is 0.257 e. The molecule has 1 aliphatic heterocycles. The van der Waals surface area contributed by atoms with Crippen molar-refractivity contribution in [3.05, 3.63) is 57.6 Å². The van der Waals surface area contributed by atoms with E-state index < -0.39 is 0 Å². The molecule has 0 saturated carbocycles. The predicted molar refractivity (Wildman–Crippen MR) is 97.2 cm³/mol. The number of nitrogens with one attached hydrogen (secondary N) is 1. The van der Waals surface area contributed by atoms with Crippen LogP contribution < -0.4 is 10.2 Å². The van der Waals surface area contributed by atoms with Gasteiger partial charge in [0.2, 0.25) is 5.91 Å². The molecule has 4 nitrogen and oxygen atoms in total. The van der Waals surface area contributed by atoms with Crippen LogP contribution in [0.4, 0.5) is 11.4 Å². The summed E-state index contributed by atoms with van der Waals surface area (Å²) in [5.41, 5.74) is 2.94. The monoisotopic (exact) mass is 362 g/mol. The van der Waals surface area contributed by atoms with E-state index in [9.17, 15) is 9.59 Å². The number of rotatable bonds is 2. The third-order valence-electron chi connectivity index (χ3n) is 4.02. The second kappa shape index (κ2) is 6.83. The van der Waals surface area contributed by atoms with Crippen LogP contribution in [0.1, 0.15) is 29.3 Å². The van der Waals surface area contributed by atoms with Crippen LogP contribution in [0.15, 0.2) is 36.4 Å². The Balaban J connectivity index is 1.87. The van der Waals surface area contributed by atoms with Crippen molar-refractivity contribution in [3.63, 3.8) is 0 Å². The average molecular weight is 363 g/mol. The predicted octanol–water partition coefficient (Wildman–Crippen LogP) is 4.54. The van der Waals surface area contributed by atoms with E-state index in [4.69, 9.17) is 23.2 Å². The number of anilines is 2. The third kappa shape index (κ3) is 3.40. The van der Waals surface area contributed by atoms with Crippen LogP contribution in [0.5, 0.6) is 0 Å². The zero-order chi connectivity index (χ0) is 17.3. The van der Waals surface area contributed by atoms with Gasteiger partial charge in [-0.1, -0.05) is 29.3 Å². The van der Waals surface area contributed by atoms with Crippen molar-refractivity contribution in [2.75, 3.05) is 16.8 Å². The first-order valence-electron chi connectivity index (χ1n) is 7.63. The van der Waals surface area contributed by atoms with Gasteiger partial charge in [0.25, 0.3) is 5.91 Å². The Labute approximate surface area is 150 Å². The first-order chi connectivity index (χ1) is 11.5. The number of carbonyl (C=O) groups is 2. The molecule has 3 rings (SSSR count). The highest BCUT2D eigenvalue weighted by molar-refractivity contribution is 6.37. The fourth-order valence-electron chi connectivity index (χ4n) is 2.85. The summed E-state index contributed by atoms with van der Waals surface area (Å²) in [7, 11) is 0. The van der Waals surface area contributed by atoms with Crippen LogP contribution in [-0.2, 0) is 11.2 Å². The van der Waals surface area contributed by atoms with Gasteiger partial charge in [-0.3, -0.25) is 9.59 Å². The standard InChI is InChI=1S/C18H16Cl2N2O2/c1-11(23)22-8-2-3-12-4-6-14(10-17(12)22)21-18(24)15-7-5-13(19)9-16(15)20/h4-7,9-10H,2-3,8H2,1H3,(H,21,24). The van der Waals surface area contributed by atoms with Gasteiger partial charge in [0.15, 0.2) is 0 Å². The lowest BCUT2D eigenvalue weighted by atomic mass is 10.0. The van der Waals surface area contributed by atoms with Gasteiger partial charge in [0, 0.05) is 29.9 Å². The van der Waals surface area contributed by atoms with Gasteiger partial charge in [-0.15, -0.1) is 0 Å². The molecule has 124 valence electrons. The van der Waals surface area contributed by atoms with Crippen LogP contribution in [-0.4, -0.2) is 18.4 Å². The van der Waals surface area contributed by atoms with Crippen molar-refractivity contribution in [1.29, 1.82) is 0 Å². The van der Waals surface area contributed by atoms with E-state index >= 15 is 0 Å². The number of hydrogen-bond donors (Lipinski definition) is 1. The Morgan fingerprint density at radius 1 is 1.12 bits per heavy atom. The number of hydrogen-bond acceptors (Lipinski definition) is 2. The van der Waals surface area contributed by atoms with Crippen LogP contribution >= 0.6 is 23.2 Å². The van der Waals surface area contributed by atoms with Gasteiger partial charge < -0.3 is 10.2 Å². The Kier molecular flexibility index (Phi) is 4.78. The van der Waals surface area contributed by atoms with Crippen molar-refractivity contribution in [3.8, 4) is 0 Å². The molecule has 0 spiro atoms. The molecule has 0 aliphatic carbocycles. The van der Waals surface area contributed by atoms with Gasteiger partial charge in [0.05, 0.1) is 10.6 Å². The molecule has 0 radical (unpaired) electrons. The molecule has 24 heavy (non-hydrogen) atoms. The quantitative estimate of drug-likeness (QED) is 0.851. The van der Waals surface area contributed by atoms with Crippen LogP contribution in [0.25, 0.3) is 0 Å². The van der Waals surface area contributed by atoms with Crippen molar-refractivity contribution in [1.82, 2.24) is 0 Å². The number of nitrogens with zero attached hydrogens (tertiary/aromatic N) is 1. The summed E-state index contributed by atoms with van der Waals surface area (Å²) < 4.78 is 0. The second-order valence-corrected chi connectivity index (χ2v) is 6.54. The highest BCUT2D eigenvalue weighted by Crippen LogP contribution is 2.30. The molecule has 0 unspecified atom stereocenters. The largest absolute Gasteiger partial charge is 0.322 e. The summed E-state index contributed by atoms with van der Waals surface area (Å²) in [5, 5.41) is 3.59. The molecule has 1 aliphatic rings. The average Bonchev–Trinajstić information content (AvgIpc) is 2.53. The normalized spacial score (nSPS) is 13.4. The fourth-order valence-corrected chi connectivity index (χ4v) is 3.35. The Morgan fingerprint density at radius 2 is 1.92 bits per heavy atom. The van der Waals surface area contributed by atoms with Crippen LogP contribution in [0.3, 0.4) is 0 Å². The van der Waals surface area contributed by atoms with Crippen molar-refractivity contribution in [2.45, 2.75) is 19.8 Å². The second-order valence-electron chi connectivity index (χ2n) is 5.70. The summed E-state index contributed by atoms with van der Waals surface area (Å²) in [6.45, 7) is 2.25. The van der Waals surface area contributed by atoms with E-state index in [1.807, 2.05) is 18.2 Å². The topological polar surface area (TPSA) is 49.4 Å². The molecule has 0 fully saturated rings. The summed E-state index contributed by atoms with van der Waals surface area (Å²) in [5.74, 6) is -0.318. The highest BCUT2D eigenvalue weighted by atomic mass is 35.5. The smallest absolute Gasteiger partial charge is 0.257 e. The Hall–Kier alpha value is -2.04. The zero-order valence-corrected chi connectivity index (χ0v) is 14.6. The number of halogens is 2. The molecular formula is C18H16Cl2N2O2. The summed E-state index contributed by atoms with van der Waals surface area (Å²) in [4.78, 5) is 26.0. The first-order valence-corrected chi connectivity index (χ1v) is 8.39. The highest BCUT2D eigenvalue weighted by Gasteiger charge is 2.21. The molecule has 6 heteroatoms. The lowest BCUT2D eigenvalue weighted by Crippen LogP contribution is -2.33.